The number of benzene rings is 2. The smallest absolute Gasteiger partial charge is 0.310 e. The molecule has 4 heterocycles. The van der Waals surface area contributed by atoms with Gasteiger partial charge in [-0.25, -0.2) is 0 Å². The molecule has 3 saturated heterocycles. The van der Waals surface area contributed by atoms with Crippen molar-refractivity contribution < 1.29 is 57.6 Å². The van der Waals surface area contributed by atoms with Gasteiger partial charge in [-0.3, -0.25) is 4.79 Å². The van der Waals surface area contributed by atoms with Crippen molar-refractivity contribution in [1.82, 2.24) is 0 Å². The molecule has 5 aliphatic rings. The second kappa shape index (κ2) is 10.5. The van der Waals surface area contributed by atoms with E-state index in [2.05, 4.69) is 0 Å². The molecule has 7 rings (SSSR count). The van der Waals surface area contributed by atoms with Gasteiger partial charge in [0, 0.05) is 17.4 Å². The van der Waals surface area contributed by atoms with Crippen LogP contribution in [-0.4, -0.2) is 87.4 Å². The third kappa shape index (κ3) is 4.31. The maximum Gasteiger partial charge on any atom is 0.310 e. The number of fused-ring (bicyclic) bond motifs is 4. The number of hydrogen-bond acceptors (Lipinski definition) is 12. The van der Waals surface area contributed by atoms with Gasteiger partial charge in [-0.05, 0) is 54.8 Å². The first-order valence-electron chi connectivity index (χ1n) is 14.1. The molecule has 4 aliphatic heterocycles. The highest BCUT2D eigenvalue weighted by molar-refractivity contribution is 5.79. The van der Waals surface area contributed by atoms with Crippen LogP contribution in [0.1, 0.15) is 41.2 Å². The minimum absolute atomic E-state index is 0.0631. The number of rotatable bonds is 5. The fraction of sp³-hybridized carbons (Fsp3) is 0.567. The van der Waals surface area contributed by atoms with Crippen LogP contribution < -0.4 is 18.9 Å². The third-order valence-electron chi connectivity index (χ3n) is 9.02. The van der Waals surface area contributed by atoms with Crippen LogP contribution in [0.5, 0.6) is 23.0 Å². The predicted molar refractivity (Wildman–Crippen MR) is 141 cm³/mol. The number of carbonyl (C=O) groups is 1. The van der Waals surface area contributed by atoms with E-state index in [9.17, 15) is 15.0 Å². The number of carbonyl (C=O) groups excluding carboxylic acids is 1. The van der Waals surface area contributed by atoms with E-state index in [4.69, 9.17) is 42.6 Å². The zero-order chi connectivity index (χ0) is 29.3. The SMILES string of the molecule is COc1cc([C@@H]2c3cc4c(cc3[C@@H](OC3OC5COC(C)OC5C(O)C3O)[C@H]3COC(=O)[C@H]23)OCO4)cc(OC)c1C. The van der Waals surface area contributed by atoms with Crippen LogP contribution in [0, 0.1) is 18.8 Å². The summed E-state index contributed by atoms with van der Waals surface area (Å²) in [5.74, 6) is 0.435. The maximum atomic E-state index is 13.4. The monoisotopic (exact) mass is 586 g/mol. The molecule has 0 bridgehead atoms. The molecule has 2 aromatic rings. The molecule has 42 heavy (non-hydrogen) atoms. The molecule has 1 aliphatic carbocycles. The summed E-state index contributed by atoms with van der Waals surface area (Å²) < 4.78 is 52.3. The Morgan fingerprint density at radius 3 is 2.26 bits per heavy atom. The van der Waals surface area contributed by atoms with E-state index in [1.807, 2.05) is 31.2 Å². The average Bonchev–Trinajstić information content (AvgIpc) is 3.61. The summed E-state index contributed by atoms with van der Waals surface area (Å²) in [6.45, 7) is 3.95. The first kappa shape index (κ1) is 27.7. The van der Waals surface area contributed by atoms with E-state index in [-0.39, 0.29) is 26.0 Å². The number of aliphatic hydroxyl groups excluding tert-OH is 2. The fourth-order valence-corrected chi connectivity index (χ4v) is 6.93. The van der Waals surface area contributed by atoms with Crippen molar-refractivity contribution in [2.75, 3.05) is 34.2 Å². The van der Waals surface area contributed by atoms with Gasteiger partial charge in [-0.2, -0.15) is 0 Å². The van der Waals surface area contributed by atoms with Crippen molar-refractivity contribution in [3.05, 3.63) is 46.5 Å². The van der Waals surface area contributed by atoms with E-state index >= 15 is 0 Å². The van der Waals surface area contributed by atoms with Crippen molar-refractivity contribution in [1.29, 1.82) is 0 Å². The van der Waals surface area contributed by atoms with E-state index < -0.39 is 60.9 Å². The highest BCUT2D eigenvalue weighted by Crippen LogP contribution is 2.56. The average molecular weight is 587 g/mol. The van der Waals surface area contributed by atoms with Gasteiger partial charge >= 0.3 is 5.97 Å². The number of methoxy groups -OCH3 is 2. The van der Waals surface area contributed by atoms with Crippen LogP contribution in [0.15, 0.2) is 24.3 Å². The molecule has 0 spiro atoms. The molecule has 0 aromatic heterocycles. The predicted octanol–water partition coefficient (Wildman–Crippen LogP) is 1.94. The van der Waals surface area contributed by atoms with Crippen LogP contribution in [0.4, 0.5) is 0 Å². The number of ether oxygens (including phenoxy) is 9. The Bertz CT molecular complexity index is 1350. The molecule has 0 saturated carbocycles. The van der Waals surface area contributed by atoms with Gasteiger partial charge in [0.2, 0.25) is 6.79 Å². The number of esters is 1. The van der Waals surface area contributed by atoms with Gasteiger partial charge in [0.25, 0.3) is 0 Å². The van der Waals surface area contributed by atoms with Crippen LogP contribution in [0.3, 0.4) is 0 Å². The van der Waals surface area contributed by atoms with E-state index in [1.165, 1.54) is 0 Å². The first-order chi connectivity index (χ1) is 20.3. The van der Waals surface area contributed by atoms with Crippen LogP contribution in [-0.2, 0) is 28.5 Å². The summed E-state index contributed by atoms with van der Waals surface area (Å²) in [4.78, 5) is 13.4. The summed E-state index contributed by atoms with van der Waals surface area (Å²) >= 11 is 0. The van der Waals surface area contributed by atoms with E-state index in [0.717, 1.165) is 22.3 Å². The lowest BCUT2D eigenvalue weighted by Gasteiger charge is -2.47. The Hall–Kier alpha value is -3.13. The summed E-state index contributed by atoms with van der Waals surface area (Å²) in [6.07, 6.45) is -6.60. The Kier molecular flexibility index (Phi) is 6.95. The van der Waals surface area contributed by atoms with Gasteiger partial charge in [-0.1, -0.05) is 0 Å². The van der Waals surface area contributed by atoms with Gasteiger partial charge in [0.15, 0.2) is 24.1 Å². The molecule has 0 amide bonds. The molecule has 12 heteroatoms. The quantitative estimate of drug-likeness (QED) is 0.495. The highest BCUT2D eigenvalue weighted by atomic mass is 16.8. The molecule has 0 radical (unpaired) electrons. The molecule has 2 N–H and O–H groups in total. The zero-order valence-electron chi connectivity index (χ0n) is 23.7. The first-order valence-corrected chi connectivity index (χ1v) is 14.1. The Labute approximate surface area is 242 Å². The Morgan fingerprint density at radius 1 is 0.881 bits per heavy atom. The summed E-state index contributed by atoms with van der Waals surface area (Å²) in [6, 6.07) is 7.54. The van der Waals surface area contributed by atoms with Gasteiger partial charge in [0.05, 0.1) is 39.5 Å². The fourth-order valence-electron chi connectivity index (χ4n) is 6.93. The standard InChI is InChI=1S/C30H34O12/c1-12-18(34-3)5-14(6-19(12)35-4)23-15-7-20-21(39-11-38-20)8-16(15)27(17-9-37-29(33)24(17)23)42-30-26(32)25(31)28-22(41-30)10-36-13(2)40-28/h5-8,13,17,22-28,30-32H,9-11H2,1-4H3/t13?,17-,22?,23+,24-,25?,26?,27+,28?,30?/m0/s1. The molecule has 2 aromatic carbocycles. The second-order valence-corrected chi connectivity index (χ2v) is 11.3. The molecular weight excluding hydrogens is 552 g/mol. The lowest BCUT2D eigenvalue weighted by molar-refractivity contribution is -0.364. The Morgan fingerprint density at radius 2 is 1.57 bits per heavy atom. The maximum absolute atomic E-state index is 13.4. The molecule has 226 valence electrons. The number of hydrogen-bond donors (Lipinski definition) is 2. The van der Waals surface area contributed by atoms with Gasteiger partial charge in [0.1, 0.15) is 35.9 Å². The van der Waals surface area contributed by atoms with Crippen LogP contribution in [0.25, 0.3) is 0 Å². The molecule has 3 fully saturated rings. The van der Waals surface area contributed by atoms with Crippen molar-refractivity contribution in [2.45, 2.75) is 62.9 Å². The van der Waals surface area contributed by atoms with E-state index in [1.54, 1.807) is 21.1 Å². The molecule has 12 nitrogen and oxygen atoms in total. The van der Waals surface area contributed by atoms with Crippen molar-refractivity contribution >= 4 is 5.97 Å². The lowest BCUT2D eigenvalue weighted by Crippen LogP contribution is -2.63. The zero-order valence-corrected chi connectivity index (χ0v) is 23.7. The van der Waals surface area contributed by atoms with E-state index in [0.29, 0.717) is 23.0 Å². The van der Waals surface area contributed by atoms with Crippen molar-refractivity contribution in [3.63, 3.8) is 0 Å². The molecule has 10 atom stereocenters. The number of cyclic esters (lactones) is 1. The topological polar surface area (TPSA) is 141 Å². The van der Waals surface area contributed by atoms with Crippen LogP contribution in [0.2, 0.25) is 0 Å². The van der Waals surface area contributed by atoms with Crippen molar-refractivity contribution in [3.8, 4) is 23.0 Å². The summed E-state index contributed by atoms with van der Waals surface area (Å²) in [7, 11) is 3.18. The normalized spacial score (nSPS) is 36.5. The summed E-state index contributed by atoms with van der Waals surface area (Å²) in [5, 5.41) is 22.0. The summed E-state index contributed by atoms with van der Waals surface area (Å²) in [5.41, 5.74) is 3.15. The number of aliphatic hydroxyl groups is 2. The third-order valence-corrected chi connectivity index (χ3v) is 9.02. The highest BCUT2D eigenvalue weighted by Gasteiger charge is 2.56. The molecule has 6 unspecified atom stereocenters. The minimum Gasteiger partial charge on any atom is -0.496 e. The molecular formula is C30H34O12. The largest absolute Gasteiger partial charge is 0.496 e. The van der Waals surface area contributed by atoms with Crippen LogP contribution >= 0.6 is 0 Å². The minimum atomic E-state index is -1.41. The van der Waals surface area contributed by atoms with Crippen molar-refractivity contribution in [2.24, 2.45) is 11.8 Å². The van der Waals surface area contributed by atoms with Gasteiger partial charge in [-0.15, -0.1) is 0 Å². The van der Waals surface area contributed by atoms with Gasteiger partial charge < -0.3 is 52.8 Å². The lowest BCUT2D eigenvalue weighted by atomic mass is 9.66. The Balaban J connectivity index is 1.32. The second-order valence-electron chi connectivity index (χ2n) is 11.3.